The molecule has 0 spiro atoms. The Labute approximate surface area is 128 Å². The van der Waals surface area contributed by atoms with Crippen LogP contribution in [0.25, 0.3) is 0 Å². The van der Waals surface area contributed by atoms with Gasteiger partial charge in [-0.15, -0.1) is 0 Å². The summed E-state index contributed by atoms with van der Waals surface area (Å²) >= 11 is 9.31. The number of carbonyl (C=O) groups is 1. The van der Waals surface area contributed by atoms with Crippen molar-refractivity contribution < 1.29 is 4.79 Å². The van der Waals surface area contributed by atoms with Gasteiger partial charge in [0.2, 0.25) is 0 Å². The van der Waals surface area contributed by atoms with Gasteiger partial charge in [-0.3, -0.25) is 4.79 Å². The first-order chi connectivity index (χ1) is 9.08. The van der Waals surface area contributed by atoms with Crippen LogP contribution in [-0.2, 0) is 0 Å². The lowest BCUT2D eigenvalue weighted by atomic mass is 9.89. The molecule has 104 valence electrons. The van der Waals surface area contributed by atoms with Crippen LogP contribution in [0.2, 0.25) is 5.02 Å². The second-order valence-electron chi connectivity index (χ2n) is 5.31. The summed E-state index contributed by atoms with van der Waals surface area (Å²) in [5.41, 5.74) is 0.683. The summed E-state index contributed by atoms with van der Waals surface area (Å²) in [6, 6.07) is 5.31. The van der Waals surface area contributed by atoms with E-state index in [0.29, 0.717) is 16.5 Å². The fraction of sp³-hybridized carbons (Fsp3) is 0.533. The van der Waals surface area contributed by atoms with Gasteiger partial charge in [-0.1, -0.05) is 30.9 Å². The van der Waals surface area contributed by atoms with Crippen molar-refractivity contribution in [2.75, 3.05) is 13.6 Å². The maximum Gasteiger partial charge on any atom is 0.254 e. The molecule has 0 bridgehead atoms. The quantitative estimate of drug-likeness (QED) is 0.774. The average molecular weight is 345 g/mol. The molecule has 0 atom stereocenters. The predicted octanol–water partition coefficient (Wildman–Crippen LogP) is 4.75. The van der Waals surface area contributed by atoms with Crippen LogP contribution < -0.4 is 0 Å². The Morgan fingerprint density at radius 2 is 2.05 bits per heavy atom. The lowest BCUT2D eigenvalue weighted by Gasteiger charge is -2.27. The SMILES string of the molecule is CN(CC1CCCCC1)C(=O)c1ccc(Cl)cc1Br. The number of carbonyl (C=O) groups excluding carboxylic acids is 1. The number of halogens is 2. The van der Waals surface area contributed by atoms with Crippen molar-refractivity contribution in [3.05, 3.63) is 33.3 Å². The van der Waals surface area contributed by atoms with E-state index in [4.69, 9.17) is 11.6 Å². The predicted molar refractivity (Wildman–Crippen MR) is 82.7 cm³/mol. The molecule has 2 nitrogen and oxygen atoms in total. The van der Waals surface area contributed by atoms with E-state index < -0.39 is 0 Å². The van der Waals surface area contributed by atoms with Gasteiger partial charge in [-0.2, -0.15) is 0 Å². The minimum Gasteiger partial charge on any atom is -0.341 e. The molecule has 0 radical (unpaired) electrons. The molecule has 1 aliphatic carbocycles. The molecular formula is C15H19BrClNO. The smallest absolute Gasteiger partial charge is 0.254 e. The van der Waals surface area contributed by atoms with Crippen molar-refractivity contribution in [1.29, 1.82) is 0 Å². The largest absolute Gasteiger partial charge is 0.341 e. The van der Waals surface area contributed by atoms with Crippen LogP contribution in [0.15, 0.2) is 22.7 Å². The van der Waals surface area contributed by atoms with E-state index in [1.165, 1.54) is 32.1 Å². The number of benzene rings is 1. The maximum absolute atomic E-state index is 12.4. The zero-order valence-corrected chi connectivity index (χ0v) is 13.5. The molecule has 0 N–H and O–H groups in total. The highest BCUT2D eigenvalue weighted by molar-refractivity contribution is 9.10. The Hall–Kier alpha value is -0.540. The van der Waals surface area contributed by atoms with Gasteiger partial charge in [-0.25, -0.2) is 0 Å². The van der Waals surface area contributed by atoms with E-state index in [1.54, 1.807) is 18.2 Å². The fourth-order valence-electron chi connectivity index (χ4n) is 2.71. The average Bonchev–Trinajstić information content (AvgIpc) is 2.39. The summed E-state index contributed by atoms with van der Waals surface area (Å²) in [6.45, 7) is 0.855. The van der Waals surface area contributed by atoms with Crippen molar-refractivity contribution in [3.63, 3.8) is 0 Å². The van der Waals surface area contributed by atoms with Gasteiger partial charge in [0.15, 0.2) is 0 Å². The van der Waals surface area contributed by atoms with Crippen molar-refractivity contribution in [3.8, 4) is 0 Å². The molecule has 1 aliphatic rings. The molecule has 0 unspecified atom stereocenters. The van der Waals surface area contributed by atoms with E-state index in [2.05, 4.69) is 15.9 Å². The molecule has 1 fully saturated rings. The molecule has 1 aromatic carbocycles. The number of rotatable bonds is 3. The zero-order chi connectivity index (χ0) is 13.8. The topological polar surface area (TPSA) is 20.3 Å². The molecule has 19 heavy (non-hydrogen) atoms. The summed E-state index contributed by atoms with van der Waals surface area (Å²) < 4.78 is 0.764. The molecular weight excluding hydrogens is 326 g/mol. The van der Waals surface area contributed by atoms with E-state index in [1.807, 2.05) is 11.9 Å². The molecule has 2 rings (SSSR count). The van der Waals surface area contributed by atoms with Gasteiger partial charge in [0, 0.05) is 23.1 Å². The van der Waals surface area contributed by atoms with E-state index in [0.717, 1.165) is 11.0 Å². The van der Waals surface area contributed by atoms with Gasteiger partial charge in [0.05, 0.1) is 5.56 Å². The molecule has 4 heteroatoms. The number of amides is 1. The molecule has 0 heterocycles. The molecule has 0 saturated heterocycles. The molecule has 1 amide bonds. The van der Waals surface area contributed by atoms with Crippen LogP contribution in [0.1, 0.15) is 42.5 Å². The number of hydrogen-bond donors (Lipinski definition) is 0. The third-order valence-corrected chi connectivity index (χ3v) is 4.66. The highest BCUT2D eigenvalue weighted by Gasteiger charge is 2.20. The Morgan fingerprint density at radius 1 is 1.37 bits per heavy atom. The normalized spacial score (nSPS) is 16.4. The Bertz CT molecular complexity index is 457. The Balaban J connectivity index is 2.01. The summed E-state index contributed by atoms with van der Waals surface area (Å²) in [6.07, 6.45) is 6.45. The molecule has 0 aliphatic heterocycles. The van der Waals surface area contributed by atoms with Crippen LogP contribution >= 0.6 is 27.5 Å². The highest BCUT2D eigenvalue weighted by atomic mass is 79.9. The third-order valence-electron chi connectivity index (χ3n) is 3.77. The highest BCUT2D eigenvalue weighted by Crippen LogP contribution is 2.26. The van der Waals surface area contributed by atoms with Gasteiger partial charge in [0.1, 0.15) is 0 Å². The van der Waals surface area contributed by atoms with Crippen LogP contribution in [-0.4, -0.2) is 24.4 Å². The standard InChI is InChI=1S/C15H19BrClNO/c1-18(10-11-5-3-2-4-6-11)15(19)13-8-7-12(17)9-14(13)16/h7-9,11H,2-6,10H2,1H3. The summed E-state index contributed by atoms with van der Waals surface area (Å²) in [7, 11) is 1.89. The first-order valence-corrected chi connectivity index (χ1v) is 7.95. The molecule has 1 saturated carbocycles. The van der Waals surface area contributed by atoms with Gasteiger partial charge < -0.3 is 4.90 Å². The van der Waals surface area contributed by atoms with Crippen LogP contribution in [0.3, 0.4) is 0 Å². The summed E-state index contributed by atoms with van der Waals surface area (Å²) in [4.78, 5) is 14.2. The Kier molecular flexibility index (Phi) is 5.28. The van der Waals surface area contributed by atoms with Crippen molar-refractivity contribution in [2.24, 2.45) is 5.92 Å². The Morgan fingerprint density at radius 3 is 2.68 bits per heavy atom. The van der Waals surface area contributed by atoms with Crippen molar-refractivity contribution in [2.45, 2.75) is 32.1 Å². The second-order valence-corrected chi connectivity index (χ2v) is 6.60. The van der Waals surface area contributed by atoms with Gasteiger partial charge in [-0.05, 0) is 52.9 Å². The molecule has 1 aromatic rings. The molecule has 0 aromatic heterocycles. The lowest BCUT2D eigenvalue weighted by molar-refractivity contribution is 0.0759. The zero-order valence-electron chi connectivity index (χ0n) is 11.2. The summed E-state index contributed by atoms with van der Waals surface area (Å²) in [5, 5.41) is 0.637. The van der Waals surface area contributed by atoms with Crippen LogP contribution in [0.4, 0.5) is 0 Å². The van der Waals surface area contributed by atoms with E-state index >= 15 is 0 Å². The lowest BCUT2D eigenvalue weighted by Crippen LogP contribution is -2.32. The number of hydrogen-bond acceptors (Lipinski definition) is 1. The van der Waals surface area contributed by atoms with Gasteiger partial charge in [0.25, 0.3) is 5.91 Å². The minimum absolute atomic E-state index is 0.0640. The van der Waals surface area contributed by atoms with E-state index in [9.17, 15) is 4.79 Å². The van der Waals surface area contributed by atoms with Crippen molar-refractivity contribution >= 4 is 33.4 Å². The van der Waals surface area contributed by atoms with Crippen LogP contribution in [0, 0.1) is 5.92 Å². The first kappa shape index (κ1) is 14.9. The monoisotopic (exact) mass is 343 g/mol. The van der Waals surface area contributed by atoms with E-state index in [-0.39, 0.29) is 5.91 Å². The summed E-state index contributed by atoms with van der Waals surface area (Å²) in [5.74, 6) is 0.725. The second kappa shape index (κ2) is 6.76. The number of nitrogens with zero attached hydrogens (tertiary/aromatic N) is 1. The van der Waals surface area contributed by atoms with Crippen LogP contribution in [0.5, 0.6) is 0 Å². The minimum atomic E-state index is 0.0640. The fourth-order valence-corrected chi connectivity index (χ4v) is 3.56. The first-order valence-electron chi connectivity index (χ1n) is 6.78. The maximum atomic E-state index is 12.4. The van der Waals surface area contributed by atoms with Gasteiger partial charge >= 0.3 is 0 Å². The third kappa shape index (κ3) is 3.96. The van der Waals surface area contributed by atoms with Crippen molar-refractivity contribution in [1.82, 2.24) is 4.90 Å².